The molecule has 0 spiro atoms. The lowest BCUT2D eigenvalue weighted by Gasteiger charge is -2.23. The molecule has 0 saturated heterocycles. The van der Waals surface area contributed by atoms with E-state index in [1.807, 2.05) is 4.90 Å². The second-order valence-electron chi connectivity index (χ2n) is 7.56. The molecule has 0 atom stereocenters. The van der Waals surface area contributed by atoms with Crippen molar-refractivity contribution in [3.8, 4) is 0 Å². The van der Waals surface area contributed by atoms with Crippen LogP contribution in [0.2, 0.25) is 0 Å². The lowest BCUT2D eigenvalue weighted by atomic mass is 10.1. The first-order valence-electron chi connectivity index (χ1n) is 9.35. The molecule has 144 valence electrons. The Balaban J connectivity index is 1.53. The first-order valence-corrected chi connectivity index (χ1v) is 9.35. The largest absolute Gasteiger partial charge is 0.416 e. The minimum Gasteiger partial charge on any atom is -0.335 e. The van der Waals surface area contributed by atoms with Crippen LogP contribution in [-0.4, -0.2) is 26.9 Å². The SMILES string of the molecule is O=C(C1CC1)N(Cc1nccn1Cc1ccccc1C(F)(F)F)CC1CC1. The highest BCUT2D eigenvalue weighted by Crippen LogP contribution is 2.35. The zero-order valence-corrected chi connectivity index (χ0v) is 15.0. The number of carbonyl (C=O) groups excluding carboxylic acids is 1. The van der Waals surface area contributed by atoms with E-state index in [0.29, 0.717) is 18.3 Å². The minimum atomic E-state index is -4.39. The van der Waals surface area contributed by atoms with E-state index in [-0.39, 0.29) is 23.9 Å². The molecule has 4 rings (SSSR count). The van der Waals surface area contributed by atoms with Crippen LogP contribution in [0.3, 0.4) is 0 Å². The molecule has 1 amide bonds. The van der Waals surface area contributed by atoms with Crippen molar-refractivity contribution in [2.45, 2.75) is 44.9 Å². The van der Waals surface area contributed by atoms with Gasteiger partial charge in [0.05, 0.1) is 12.1 Å². The van der Waals surface area contributed by atoms with Crippen LogP contribution in [0.4, 0.5) is 13.2 Å². The van der Waals surface area contributed by atoms with Gasteiger partial charge < -0.3 is 9.47 Å². The molecule has 1 heterocycles. The third-order valence-corrected chi connectivity index (χ3v) is 5.21. The molecule has 0 aliphatic heterocycles. The number of benzene rings is 1. The van der Waals surface area contributed by atoms with Gasteiger partial charge in [-0.25, -0.2) is 4.98 Å². The Morgan fingerprint density at radius 1 is 1.19 bits per heavy atom. The molecule has 27 heavy (non-hydrogen) atoms. The first-order chi connectivity index (χ1) is 12.9. The molecule has 1 aromatic heterocycles. The van der Waals surface area contributed by atoms with Crippen molar-refractivity contribution in [1.29, 1.82) is 0 Å². The van der Waals surface area contributed by atoms with Crippen LogP contribution in [0.25, 0.3) is 0 Å². The summed E-state index contributed by atoms with van der Waals surface area (Å²) in [6, 6.07) is 5.59. The number of amides is 1. The molecule has 7 heteroatoms. The maximum Gasteiger partial charge on any atom is 0.416 e. The van der Waals surface area contributed by atoms with E-state index in [2.05, 4.69) is 4.98 Å². The molecule has 2 saturated carbocycles. The van der Waals surface area contributed by atoms with Gasteiger partial charge in [0.1, 0.15) is 5.82 Å². The molecule has 2 aliphatic carbocycles. The fourth-order valence-corrected chi connectivity index (χ4v) is 3.36. The number of hydrogen-bond donors (Lipinski definition) is 0. The number of imidazole rings is 1. The van der Waals surface area contributed by atoms with Crippen LogP contribution in [0.15, 0.2) is 36.7 Å². The van der Waals surface area contributed by atoms with E-state index in [1.165, 1.54) is 12.1 Å². The lowest BCUT2D eigenvalue weighted by molar-refractivity contribution is -0.138. The Kier molecular flexibility index (Phi) is 4.70. The van der Waals surface area contributed by atoms with Gasteiger partial charge in [-0.3, -0.25) is 4.79 Å². The molecule has 4 nitrogen and oxygen atoms in total. The molecule has 1 aromatic carbocycles. The number of halogens is 3. The summed E-state index contributed by atoms with van der Waals surface area (Å²) in [7, 11) is 0. The number of aromatic nitrogens is 2. The number of nitrogens with zero attached hydrogens (tertiary/aromatic N) is 3. The fourth-order valence-electron chi connectivity index (χ4n) is 3.36. The van der Waals surface area contributed by atoms with E-state index in [0.717, 1.165) is 38.3 Å². The van der Waals surface area contributed by atoms with E-state index in [9.17, 15) is 18.0 Å². The smallest absolute Gasteiger partial charge is 0.335 e. The van der Waals surface area contributed by atoms with Crippen molar-refractivity contribution in [2.24, 2.45) is 11.8 Å². The van der Waals surface area contributed by atoms with Crippen molar-refractivity contribution in [3.63, 3.8) is 0 Å². The van der Waals surface area contributed by atoms with Gasteiger partial charge in [0.25, 0.3) is 0 Å². The quantitative estimate of drug-likeness (QED) is 0.729. The number of alkyl halides is 3. The first kappa shape index (κ1) is 18.1. The highest BCUT2D eigenvalue weighted by molar-refractivity contribution is 5.81. The van der Waals surface area contributed by atoms with Crippen LogP contribution < -0.4 is 0 Å². The Morgan fingerprint density at radius 2 is 1.93 bits per heavy atom. The predicted molar refractivity (Wildman–Crippen MR) is 93.6 cm³/mol. The van der Waals surface area contributed by atoms with E-state index in [4.69, 9.17) is 0 Å². The van der Waals surface area contributed by atoms with Crippen LogP contribution >= 0.6 is 0 Å². The highest BCUT2D eigenvalue weighted by atomic mass is 19.4. The van der Waals surface area contributed by atoms with Crippen molar-refractivity contribution < 1.29 is 18.0 Å². The van der Waals surface area contributed by atoms with Gasteiger partial charge in [-0.1, -0.05) is 18.2 Å². The number of hydrogen-bond acceptors (Lipinski definition) is 2. The van der Waals surface area contributed by atoms with E-state index >= 15 is 0 Å². The zero-order valence-electron chi connectivity index (χ0n) is 15.0. The zero-order chi connectivity index (χ0) is 19.0. The third kappa shape index (κ3) is 4.34. The Hall–Kier alpha value is -2.31. The van der Waals surface area contributed by atoms with Crippen LogP contribution in [-0.2, 0) is 24.1 Å². The standard InChI is InChI=1S/C20H22F3N3O/c21-20(22,23)17-4-2-1-3-16(17)12-25-10-9-24-18(25)13-26(11-14-5-6-14)19(27)15-7-8-15/h1-4,9-10,14-15H,5-8,11-13H2. The van der Waals surface area contributed by atoms with E-state index < -0.39 is 11.7 Å². The topological polar surface area (TPSA) is 38.1 Å². The summed E-state index contributed by atoms with van der Waals surface area (Å²) < 4.78 is 41.5. The van der Waals surface area contributed by atoms with Crippen LogP contribution in [0.5, 0.6) is 0 Å². The minimum absolute atomic E-state index is 0.0832. The molecule has 2 fully saturated rings. The van der Waals surface area contributed by atoms with Crippen LogP contribution in [0.1, 0.15) is 42.6 Å². The van der Waals surface area contributed by atoms with Gasteiger partial charge in [0.2, 0.25) is 5.91 Å². The predicted octanol–water partition coefficient (Wildman–Crippen LogP) is 4.10. The van der Waals surface area contributed by atoms with Crippen molar-refractivity contribution in [1.82, 2.24) is 14.5 Å². The Labute approximate surface area is 156 Å². The van der Waals surface area contributed by atoms with Gasteiger partial charge in [0.15, 0.2) is 0 Å². The lowest BCUT2D eigenvalue weighted by Crippen LogP contribution is -2.34. The maximum absolute atomic E-state index is 13.3. The molecule has 0 N–H and O–H groups in total. The second kappa shape index (κ2) is 7.02. The van der Waals surface area contributed by atoms with Crippen molar-refractivity contribution >= 4 is 5.91 Å². The normalized spacial score (nSPS) is 17.1. The number of rotatable bonds is 7. The van der Waals surface area contributed by atoms with Gasteiger partial charge in [-0.2, -0.15) is 13.2 Å². The van der Waals surface area contributed by atoms with Gasteiger partial charge in [-0.15, -0.1) is 0 Å². The summed E-state index contributed by atoms with van der Waals surface area (Å²) in [5, 5.41) is 0. The molecule has 0 unspecified atom stereocenters. The van der Waals surface area contributed by atoms with Crippen molar-refractivity contribution in [2.75, 3.05) is 6.54 Å². The van der Waals surface area contributed by atoms with Crippen molar-refractivity contribution in [3.05, 3.63) is 53.6 Å². The summed E-state index contributed by atoms with van der Waals surface area (Å²) in [5.74, 6) is 1.47. The molecular weight excluding hydrogens is 355 g/mol. The summed E-state index contributed by atoms with van der Waals surface area (Å²) in [6.45, 7) is 1.16. The van der Waals surface area contributed by atoms with Gasteiger partial charge >= 0.3 is 6.18 Å². The average Bonchev–Trinajstić information content (AvgIpc) is 3.54. The Morgan fingerprint density at radius 3 is 2.59 bits per heavy atom. The van der Waals surface area contributed by atoms with Crippen LogP contribution in [0, 0.1) is 11.8 Å². The molecule has 2 aliphatic rings. The third-order valence-electron chi connectivity index (χ3n) is 5.21. The summed E-state index contributed by atoms with van der Waals surface area (Å²) in [5.41, 5.74) is -0.431. The Bertz CT molecular complexity index is 822. The highest BCUT2D eigenvalue weighted by Gasteiger charge is 2.36. The number of carbonyl (C=O) groups is 1. The molecule has 0 radical (unpaired) electrons. The monoisotopic (exact) mass is 377 g/mol. The summed E-state index contributed by atoms with van der Waals surface area (Å²) in [4.78, 5) is 18.8. The maximum atomic E-state index is 13.3. The van der Waals surface area contributed by atoms with E-state index in [1.54, 1.807) is 23.0 Å². The summed E-state index contributed by atoms with van der Waals surface area (Å²) >= 11 is 0. The fraction of sp³-hybridized carbons (Fsp3) is 0.500. The second-order valence-corrected chi connectivity index (χ2v) is 7.56. The van der Waals surface area contributed by atoms with Gasteiger partial charge in [-0.05, 0) is 43.2 Å². The van der Waals surface area contributed by atoms with Gasteiger partial charge in [0, 0.05) is 31.4 Å². The molecular formula is C20H22F3N3O. The average molecular weight is 377 g/mol. The summed E-state index contributed by atoms with van der Waals surface area (Å²) in [6.07, 6.45) is 3.03. The molecule has 0 bridgehead atoms. The molecule has 2 aromatic rings.